The summed E-state index contributed by atoms with van der Waals surface area (Å²) in [4.78, 5) is 26.5. The largest absolute Gasteiger partial charge is 0.359 e. The number of nitrogens with zero attached hydrogens (tertiary/aromatic N) is 1. The molecule has 2 atom stereocenters. The molecule has 2 bridgehead atoms. The fourth-order valence-electron chi connectivity index (χ4n) is 4.82. The number of hydrogen-bond donors (Lipinski definition) is 2. The number of likely N-dealkylation sites (tertiary alicyclic amines) is 1. The van der Waals surface area contributed by atoms with Gasteiger partial charge in [-0.15, -0.1) is 0 Å². The SMILES string of the molecule is CNC(=O)C1CCN(C(=O)C2CC3CCCC(C2)C3N)CC1. The Bertz CT molecular complexity index is 418. The van der Waals surface area contributed by atoms with E-state index in [-0.39, 0.29) is 17.7 Å². The predicted octanol–water partition coefficient (Wildman–Crippen LogP) is 1.12. The Kier molecular flexibility index (Phi) is 4.71. The second-order valence-corrected chi connectivity index (χ2v) is 7.41. The fraction of sp³-hybridized carbons (Fsp3) is 0.882. The van der Waals surface area contributed by atoms with Gasteiger partial charge in [0.05, 0.1) is 0 Å². The molecule has 22 heavy (non-hydrogen) atoms. The number of rotatable bonds is 2. The molecule has 5 heteroatoms. The molecule has 1 saturated heterocycles. The number of fused-ring (bicyclic) bond motifs is 2. The van der Waals surface area contributed by atoms with Gasteiger partial charge in [0.15, 0.2) is 0 Å². The van der Waals surface area contributed by atoms with Gasteiger partial charge in [-0.3, -0.25) is 9.59 Å². The monoisotopic (exact) mass is 307 g/mol. The maximum absolute atomic E-state index is 12.8. The van der Waals surface area contributed by atoms with Crippen LogP contribution in [0.1, 0.15) is 44.9 Å². The van der Waals surface area contributed by atoms with Crippen LogP contribution >= 0.6 is 0 Å². The number of piperidine rings is 1. The minimum atomic E-state index is 0.0770. The van der Waals surface area contributed by atoms with E-state index in [9.17, 15) is 9.59 Å². The average molecular weight is 307 g/mol. The first kappa shape index (κ1) is 15.8. The molecule has 124 valence electrons. The Morgan fingerprint density at radius 3 is 2.14 bits per heavy atom. The second kappa shape index (κ2) is 6.57. The predicted molar refractivity (Wildman–Crippen MR) is 84.9 cm³/mol. The van der Waals surface area contributed by atoms with Crippen molar-refractivity contribution in [2.24, 2.45) is 29.4 Å². The summed E-state index contributed by atoms with van der Waals surface area (Å²) in [6.45, 7) is 1.46. The van der Waals surface area contributed by atoms with E-state index in [1.165, 1.54) is 19.3 Å². The van der Waals surface area contributed by atoms with E-state index in [0.717, 1.165) is 38.8 Å². The maximum atomic E-state index is 12.8. The van der Waals surface area contributed by atoms with Crippen molar-refractivity contribution in [1.82, 2.24) is 10.2 Å². The third kappa shape index (κ3) is 3.00. The molecule has 5 nitrogen and oxygen atoms in total. The lowest BCUT2D eigenvalue weighted by Crippen LogP contribution is -2.51. The van der Waals surface area contributed by atoms with E-state index >= 15 is 0 Å². The average Bonchev–Trinajstić information content (AvgIpc) is 2.53. The molecule has 3 fully saturated rings. The summed E-state index contributed by atoms with van der Waals surface area (Å²) in [6, 6.07) is 0.316. The van der Waals surface area contributed by atoms with Gasteiger partial charge in [0.1, 0.15) is 0 Å². The van der Waals surface area contributed by atoms with Crippen molar-refractivity contribution in [2.45, 2.75) is 51.0 Å². The zero-order valence-electron chi connectivity index (χ0n) is 13.6. The molecule has 3 N–H and O–H groups in total. The van der Waals surface area contributed by atoms with Crippen LogP contribution in [0.5, 0.6) is 0 Å². The van der Waals surface area contributed by atoms with Gasteiger partial charge in [-0.05, 0) is 50.4 Å². The van der Waals surface area contributed by atoms with Crippen LogP contribution in [0.3, 0.4) is 0 Å². The van der Waals surface area contributed by atoms with E-state index < -0.39 is 0 Å². The first-order valence-electron chi connectivity index (χ1n) is 8.86. The molecule has 1 aliphatic heterocycles. The van der Waals surface area contributed by atoms with Crippen molar-refractivity contribution in [1.29, 1.82) is 0 Å². The van der Waals surface area contributed by atoms with Gasteiger partial charge in [-0.2, -0.15) is 0 Å². The Balaban J connectivity index is 1.55. The Labute approximate surface area is 133 Å². The highest BCUT2D eigenvalue weighted by Gasteiger charge is 2.42. The van der Waals surface area contributed by atoms with Gasteiger partial charge in [-0.25, -0.2) is 0 Å². The number of nitrogens with two attached hydrogens (primary N) is 1. The summed E-state index contributed by atoms with van der Waals surface area (Å²) in [5.74, 6) is 1.78. The molecule has 0 radical (unpaired) electrons. The molecule has 0 aromatic heterocycles. The molecule has 0 aromatic carbocycles. The van der Waals surface area contributed by atoms with Gasteiger partial charge in [0.2, 0.25) is 11.8 Å². The van der Waals surface area contributed by atoms with Crippen LogP contribution in [0.15, 0.2) is 0 Å². The molecule has 3 aliphatic rings. The zero-order chi connectivity index (χ0) is 15.7. The topological polar surface area (TPSA) is 75.4 Å². The molecular weight excluding hydrogens is 278 g/mol. The van der Waals surface area contributed by atoms with Crippen molar-refractivity contribution in [3.05, 3.63) is 0 Å². The zero-order valence-corrected chi connectivity index (χ0v) is 13.6. The van der Waals surface area contributed by atoms with Crippen LogP contribution in [0, 0.1) is 23.7 Å². The first-order chi connectivity index (χ1) is 10.6. The molecule has 2 saturated carbocycles. The number of amides is 2. The quantitative estimate of drug-likeness (QED) is 0.803. The minimum Gasteiger partial charge on any atom is -0.359 e. The summed E-state index contributed by atoms with van der Waals surface area (Å²) in [5, 5.41) is 2.72. The molecule has 2 amide bonds. The standard InChI is InChI=1S/C17H29N3O2/c1-19-16(21)11-5-7-20(8-6-11)17(22)14-9-12-3-2-4-13(10-14)15(12)18/h11-15H,2-10,18H2,1H3,(H,19,21). The molecule has 1 heterocycles. The van der Waals surface area contributed by atoms with Gasteiger partial charge >= 0.3 is 0 Å². The van der Waals surface area contributed by atoms with Crippen molar-refractivity contribution in [2.75, 3.05) is 20.1 Å². The third-order valence-corrected chi connectivity index (χ3v) is 6.19. The maximum Gasteiger partial charge on any atom is 0.225 e. The normalized spacial score (nSPS) is 36.0. The molecule has 3 rings (SSSR count). The lowest BCUT2D eigenvalue weighted by Gasteiger charge is -2.45. The Hall–Kier alpha value is -1.10. The molecule has 2 unspecified atom stereocenters. The van der Waals surface area contributed by atoms with E-state index in [2.05, 4.69) is 5.32 Å². The van der Waals surface area contributed by atoms with Crippen molar-refractivity contribution in [3.63, 3.8) is 0 Å². The van der Waals surface area contributed by atoms with Crippen LogP contribution in [0.2, 0.25) is 0 Å². The van der Waals surface area contributed by atoms with E-state index in [4.69, 9.17) is 5.73 Å². The van der Waals surface area contributed by atoms with E-state index in [1.54, 1.807) is 7.05 Å². The summed E-state index contributed by atoms with van der Waals surface area (Å²) in [6.07, 6.45) is 7.22. The van der Waals surface area contributed by atoms with Crippen LogP contribution in [0.25, 0.3) is 0 Å². The molecule has 0 spiro atoms. The summed E-state index contributed by atoms with van der Waals surface area (Å²) < 4.78 is 0. The molecule has 0 aromatic rings. The molecule has 2 aliphatic carbocycles. The number of hydrogen-bond acceptors (Lipinski definition) is 3. The second-order valence-electron chi connectivity index (χ2n) is 7.41. The number of nitrogens with one attached hydrogen (secondary N) is 1. The van der Waals surface area contributed by atoms with E-state index in [0.29, 0.717) is 23.8 Å². The fourth-order valence-corrected chi connectivity index (χ4v) is 4.82. The summed E-state index contributed by atoms with van der Waals surface area (Å²) in [5.41, 5.74) is 6.32. The third-order valence-electron chi connectivity index (χ3n) is 6.19. The highest BCUT2D eigenvalue weighted by Crippen LogP contribution is 2.42. The summed E-state index contributed by atoms with van der Waals surface area (Å²) in [7, 11) is 1.68. The van der Waals surface area contributed by atoms with Crippen molar-refractivity contribution < 1.29 is 9.59 Å². The van der Waals surface area contributed by atoms with Crippen LogP contribution in [0.4, 0.5) is 0 Å². The smallest absolute Gasteiger partial charge is 0.225 e. The highest BCUT2D eigenvalue weighted by atomic mass is 16.2. The van der Waals surface area contributed by atoms with Gasteiger partial charge in [0.25, 0.3) is 0 Å². The highest BCUT2D eigenvalue weighted by molar-refractivity contribution is 5.81. The lowest BCUT2D eigenvalue weighted by atomic mass is 9.65. The number of carbonyl (C=O) groups excluding carboxylic acids is 2. The first-order valence-corrected chi connectivity index (χ1v) is 8.86. The minimum absolute atomic E-state index is 0.0770. The van der Waals surface area contributed by atoms with Crippen LogP contribution < -0.4 is 11.1 Å². The van der Waals surface area contributed by atoms with Crippen molar-refractivity contribution >= 4 is 11.8 Å². The number of carbonyl (C=O) groups is 2. The Morgan fingerprint density at radius 2 is 1.59 bits per heavy atom. The summed E-state index contributed by atoms with van der Waals surface area (Å²) >= 11 is 0. The van der Waals surface area contributed by atoms with Gasteiger partial charge in [0, 0.05) is 38.0 Å². The van der Waals surface area contributed by atoms with Gasteiger partial charge in [-0.1, -0.05) is 6.42 Å². The van der Waals surface area contributed by atoms with Crippen LogP contribution in [-0.2, 0) is 9.59 Å². The Morgan fingerprint density at radius 1 is 1.00 bits per heavy atom. The van der Waals surface area contributed by atoms with E-state index in [1.807, 2.05) is 4.90 Å². The van der Waals surface area contributed by atoms with Crippen LogP contribution in [-0.4, -0.2) is 42.9 Å². The lowest BCUT2D eigenvalue weighted by molar-refractivity contribution is -0.141. The van der Waals surface area contributed by atoms with Gasteiger partial charge < -0.3 is 16.0 Å². The van der Waals surface area contributed by atoms with Crippen molar-refractivity contribution in [3.8, 4) is 0 Å². The molecular formula is C17H29N3O2.